The van der Waals surface area contributed by atoms with E-state index in [1.165, 1.54) is 30.4 Å². The van der Waals surface area contributed by atoms with Gasteiger partial charge in [-0.1, -0.05) is 57.4 Å². The van der Waals surface area contributed by atoms with E-state index in [2.05, 4.69) is 38.1 Å². The van der Waals surface area contributed by atoms with Gasteiger partial charge in [0.05, 0.1) is 6.42 Å². The van der Waals surface area contributed by atoms with Gasteiger partial charge in [-0.3, -0.25) is 4.79 Å². The fourth-order valence-corrected chi connectivity index (χ4v) is 3.62. The highest BCUT2D eigenvalue weighted by Crippen LogP contribution is 2.43. The van der Waals surface area contributed by atoms with E-state index < -0.39 is 5.97 Å². The van der Waals surface area contributed by atoms with E-state index in [9.17, 15) is 9.90 Å². The van der Waals surface area contributed by atoms with Crippen molar-refractivity contribution in [1.29, 1.82) is 0 Å². The molecule has 1 fully saturated rings. The second kappa shape index (κ2) is 7.11. The molecule has 0 unspecified atom stereocenters. The molecule has 116 valence electrons. The molecule has 0 bridgehead atoms. The molecule has 0 heterocycles. The molecule has 0 amide bonds. The smallest absolute Gasteiger partial charge is 0.303 e. The minimum Gasteiger partial charge on any atom is -0.481 e. The minimum absolute atomic E-state index is 0.0425. The fraction of sp³-hybridized carbons (Fsp3) is 0.632. The van der Waals surface area contributed by atoms with Gasteiger partial charge in [0.1, 0.15) is 0 Å². The van der Waals surface area contributed by atoms with Crippen LogP contribution in [0.25, 0.3) is 0 Å². The van der Waals surface area contributed by atoms with Gasteiger partial charge in [-0.25, -0.2) is 0 Å². The second-order valence-corrected chi connectivity index (χ2v) is 7.03. The van der Waals surface area contributed by atoms with E-state index in [0.29, 0.717) is 12.3 Å². The summed E-state index contributed by atoms with van der Waals surface area (Å²) in [5.41, 5.74) is 2.76. The number of hydrogen-bond donors (Lipinski definition) is 1. The van der Waals surface area contributed by atoms with E-state index in [4.69, 9.17) is 0 Å². The van der Waals surface area contributed by atoms with Crippen molar-refractivity contribution in [3.8, 4) is 0 Å². The van der Waals surface area contributed by atoms with Crippen molar-refractivity contribution >= 4 is 5.97 Å². The number of aliphatic carboxylic acids is 1. The lowest BCUT2D eigenvalue weighted by molar-refractivity contribution is -0.140. The number of carboxylic acids is 1. The number of carboxylic acid groups (broad SMARTS) is 1. The average molecular weight is 288 g/mol. The Balaban J connectivity index is 1.99. The van der Waals surface area contributed by atoms with Gasteiger partial charge < -0.3 is 5.11 Å². The van der Waals surface area contributed by atoms with Gasteiger partial charge >= 0.3 is 5.97 Å². The van der Waals surface area contributed by atoms with Gasteiger partial charge in [-0.2, -0.15) is 0 Å². The molecule has 0 radical (unpaired) electrons. The van der Waals surface area contributed by atoms with Gasteiger partial charge in [0, 0.05) is 0 Å². The van der Waals surface area contributed by atoms with Crippen LogP contribution in [0.4, 0.5) is 0 Å². The van der Waals surface area contributed by atoms with Crippen molar-refractivity contribution < 1.29 is 9.90 Å². The van der Waals surface area contributed by atoms with E-state index >= 15 is 0 Å². The summed E-state index contributed by atoms with van der Waals surface area (Å²) in [6.07, 6.45) is 8.19. The normalized spacial score (nSPS) is 17.9. The van der Waals surface area contributed by atoms with Crippen LogP contribution in [-0.4, -0.2) is 11.1 Å². The first-order chi connectivity index (χ1) is 10.0. The van der Waals surface area contributed by atoms with Crippen molar-refractivity contribution in [1.82, 2.24) is 0 Å². The molecule has 0 saturated heterocycles. The summed E-state index contributed by atoms with van der Waals surface area (Å²) < 4.78 is 0. The van der Waals surface area contributed by atoms with Crippen LogP contribution in [0.15, 0.2) is 24.3 Å². The fourth-order valence-electron chi connectivity index (χ4n) is 3.62. The van der Waals surface area contributed by atoms with Crippen LogP contribution in [0.2, 0.25) is 0 Å². The van der Waals surface area contributed by atoms with Crippen LogP contribution in [0.3, 0.4) is 0 Å². The number of rotatable bonds is 6. The third kappa shape index (κ3) is 4.59. The summed E-state index contributed by atoms with van der Waals surface area (Å²) in [6.45, 7) is 4.41. The van der Waals surface area contributed by atoms with Crippen molar-refractivity contribution in [2.45, 2.75) is 71.1 Å². The lowest BCUT2D eigenvalue weighted by atomic mass is 9.68. The van der Waals surface area contributed by atoms with E-state index in [-0.39, 0.29) is 5.41 Å². The summed E-state index contributed by atoms with van der Waals surface area (Å²) in [5.74, 6) is -0.0668. The Bertz CT molecular complexity index is 453. The zero-order valence-corrected chi connectivity index (χ0v) is 13.4. The minimum atomic E-state index is -0.632. The summed E-state index contributed by atoms with van der Waals surface area (Å²) in [5, 5.41) is 9.23. The maximum absolute atomic E-state index is 11.2. The molecule has 2 heteroatoms. The van der Waals surface area contributed by atoms with Gasteiger partial charge in [0.15, 0.2) is 0 Å². The molecule has 0 atom stereocenters. The second-order valence-electron chi connectivity index (χ2n) is 7.03. The van der Waals surface area contributed by atoms with E-state index in [1.54, 1.807) is 0 Å². The van der Waals surface area contributed by atoms with Gasteiger partial charge in [-0.05, 0) is 48.1 Å². The summed E-state index contributed by atoms with van der Waals surface area (Å²) in [6, 6.07) is 8.86. The van der Waals surface area contributed by atoms with Crippen molar-refractivity contribution in [3.63, 3.8) is 0 Å². The molecule has 1 aliphatic carbocycles. The Morgan fingerprint density at radius 3 is 2.29 bits per heavy atom. The van der Waals surface area contributed by atoms with Crippen molar-refractivity contribution in [2.24, 2.45) is 5.41 Å². The molecule has 1 aliphatic rings. The van der Waals surface area contributed by atoms with Crippen LogP contribution in [0.1, 0.15) is 75.8 Å². The summed E-state index contributed by atoms with van der Waals surface area (Å²) in [7, 11) is 0. The van der Waals surface area contributed by atoms with Crippen LogP contribution in [0, 0.1) is 5.41 Å². The number of benzene rings is 1. The number of hydrogen-bond acceptors (Lipinski definition) is 1. The number of carbonyl (C=O) groups is 1. The Hall–Kier alpha value is -1.31. The predicted octanol–water partition coefficient (Wildman–Crippen LogP) is 5.17. The van der Waals surface area contributed by atoms with Crippen LogP contribution < -0.4 is 0 Å². The molecule has 0 spiro atoms. The molecule has 1 saturated carbocycles. The molecule has 1 aromatic carbocycles. The SMILES string of the molecule is CC(C)c1ccc(CCC2(CC(=O)O)CCCCC2)cc1. The Morgan fingerprint density at radius 1 is 1.14 bits per heavy atom. The van der Waals surface area contributed by atoms with Crippen LogP contribution in [0.5, 0.6) is 0 Å². The topological polar surface area (TPSA) is 37.3 Å². The molecule has 0 aromatic heterocycles. The van der Waals surface area contributed by atoms with Crippen LogP contribution in [-0.2, 0) is 11.2 Å². The van der Waals surface area contributed by atoms with Crippen LogP contribution >= 0.6 is 0 Å². The highest BCUT2D eigenvalue weighted by molar-refractivity contribution is 5.67. The maximum atomic E-state index is 11.2. The van der Waals surface area contributed by atoms with Gasteiger partial charge in [0.2, 0.25) is 0 Å². The van der Waals surface area contributed by atoms with Gasteiger partial charge in [-0.15, -0.1) is 0 Å². The third-order valence-electron chi connectivity index (χ3n) is 5.03. The van der Waals surface area contributed by atoms with Gasteiger partial charge in [0.25, 0.3) is 0 Å². The zero-order valence-electron chi connectivity index (χ0n) is 13.4. The predicted molar refractivity (Wildman–Crippen MR) is 86.6 cm³/mol. The van der Waals surface area contributed by atoms with Crippen molar-refractivity contribution in [3.05, 3.63) is 35.4 Å². The molecule has 2 rings (SSSR count). The molecule has 1 aromatic rings. The molecular weight excluding hydrogens is 260 g/mol. The summed E-state index contributed by atoms with van der Waals surface area (Å²) in [4.78, 5) is 11.2. The molecule has 1 N–H and O–H groups in total. The lowest BCUT2D eigenvalue weighted by Crippen LogP contribution is -2.28. The Kier molecular flexibility index (Phi) is 5.44. The zero-order chi connectivity index (χ0) is 15.3. The summed E-state index contributed by atoms with van der Waals surface area (Å²) >= 11 is 0. The standard InChI is InChI=1S/C19H28O2/c1-15(2)17-8-6-16(7-9-17)10-13-19(14-18(20)21)11-4-3-5-12-19/h6-9,15H,3-5,10-14H2,1-2H3,(H,20,21). The quantitative estimate of drug-likeness (QED) is 0.784. The molecule has 2 nitrogen and oxygen atoms in total. The molecule has 0 aliphatic heterocycles. The highest BCUT2D eigenvalue weighted by atomic mass is 16.4. The monoisotopic (exact) mass is 288 g/mol. The third-order valence-corrected chi connectivity index (χ3v) is 5.03. The first-order valence-corrected chi connectivity index (χ1v) is 8.31. The average Bonchev–Trinajstić information content (AvgIpc) is 2.46. The first-order valence-electron chi connectivity index (χ1n) is 8.31. The first kappa shape index (κ1) is 16.1. The Morgan fingerprint density at radius 2 is 1.76 bits per heavy atom. The molecular formula is C19H28O2. The largest absolute Gasteiger partial charge is 0.481 e. The van der Waals surface area contributed by atoms with E-state index in [1.807, 2.05) is 0 Å². The highest BCUT2D eigenvalue weighted by Gasteiger charge is 2.33. The van der Waals surface area contributed by atoms with E-state index in [0.717, 1.165) is 25.7 Å². The number of aryl methyl sites for hydroxylation is 1. The maximum Gasteiger partial charge on any atom is 0.303 e. The Labute approximate surface area is 128 Å². The van der Waals surface area contributed by atoms with Crippen molar-refractivity contribution in [2.75, 3.05) is 0 Å². The molecule has 21 heavy (non-hydrogen) atoms. The lowest BCUT2D eigenvalue weighted by Gasteiger charge is -2.36.